The van der Waals surface area contributed by atoms with Gasteiger partial charge in [-0.2, -0.15) is 4.31 Å². The molecule has 3 saturated heterocycles. The lowest BCUT2D eigenvalue weighted by Crippen LogP contribution is -2.52. The minimum Gasteiger partial charge on any atom is -0.486 e. The Morgan fingerprint density at radius 3 is 2.32 bits per heavy atom. The van der Waals surface area contributed by atoms with Crippen molar-refractivity contribution in [2.75, 3.05) is 77.5 Å². The molecule has 4 aliphatic heterocycles. The van der Waals surface area contributed by atoms with Crippen molar-refractivity contribution in [3.05, 3.63) is 59.2 Å². The number of aliphatic hydroxyl groups excluding tert-OH is 1. The number of anilines is 1. The number of carbonyl (C=O) groups is 1. The van der Waals surface area contributed by atoms with Gasteiger partial charge in [-0.3, -0.25) is 4.79 Å². The van der Waals surface area contributed by atoms with Crippen molar-refractivity contribution in [2.45, 2.75) is 11.0 Å². The molecule has 3 fully saturated rings. The lowest BCUT2D eigenvalue weighted by molar-refractivity contribution is -0.142. The molecule has 1 atom stereocenters. The van der Waals surface area contributed by atoms with Crippen LogP contribution in [0.5, 0.6) is 11.5 Å². The van der Waals surface area contributed by atoms with E-state index in [1.807, 2.05) is 18.2 Å². The first-order chi connectivity index (χ1) is 18.3. The van der Waals surface area contributed by atoms with Crippen LogP contribution in [-0.4, -0.2) is 106 Å². The second-order valence-corrected chi connectivity index (χ2v) is 12.2. The minimum atomic E-state index is -3.65. The van der Waals surface area contributed by atoms with Crippen LogP contribution in [0.1, 0.15) is 11.7 Å². The quantitative estimate of drug-likeness (QED) is 0.563. The summed E-state index contributed by atoms with van der Waals surface area (Å²) in [6.45, 7) is 6.07. The summed E-state index contributed by atoms with van der Waals surface area (Å²) in [5, 5.41) is 10.8. The Bertz CT molecular complexity index is 1370. The lowest BCUT2D eigenvalue weighted by Gasteiger charge is -2.42. The Labute approximate surface area is 222 Å². The number of likely N-dealkylation sites (tertiary alicyclic amines) is 1. The molecule has 38 heavy (non-hydrogen) atoms. The standard InChI is InChI=1S/C27H32N4O6S/c1-28-7-9-29(10-8-28)22-4-2-3-19(13-22)26(32)27(33)30-15-20(16-30)21-17-31(18-21)38(34,35)23-5-6-24-25(14-23)37-12-11-36-24/h2-6,13-14,26,32H,7-12,15-18H2,1H3. The van der Waals surface area contributed by atoms with Crippen LogP contribution in [0.4, 0.5) is 5.69 Å². The van der Waals surface area contributed by atoms with Gasteiger partial charge in [0, 0.05) is 64.1 Å². The van der Waals surface area contributed by atoms with Gasteiger partial charge in [0.1, 0.15) is 13.2 Å². The van der Waals surface area contributed by atoms with Crippen LogP contribution in [0.2, 0.25) is 0 Å². The predicted octanol–water partition coefficient (Wildman–Crippen LogP) is 1.09. The summed E-state index contributed by atoms with van der Waals surface area (Å²) in [5.41, 5.74) is 3.70. The Morgan fingerprint density at radius 1 is 0.895 bits per heavy atom. The van der Waals surface area contributed by atoms with Crippen molar-refractivity contribution in [3.8, 4) is 11.5 Å². The van der Waals surface area contributed by atoms with Crippen LogP contribution in [0.25, 0.3) is 0 Å². The fourth-order valence-corrected chi connectivity index (χ4v) is 6.62. The van der Waals surface area contributed by atoms with Gasteiger partial charge in [-0.1, -0.05) is 12.1 Å². The zero-order chi connectivity index (χ0) is 26.4. The molecule has 0 bridgehead atoms. The van der Waals surface area contributed by atoms with E-state index in [0.717, 1.165) is 43.0 Å². The number of amides is 1. The topological polar surface area (TPSA) is 103 Å². The molecule has 0 aromatic heterocycles. The number of hydrogen-bond donors (Lipinski definition) is 1. The van der Waals surface area contributed by atoms with Crippen LogP contribution >= 0.6 is 0 Å². The van der Waals surface area contributed by atoms with Gasteiger partial charge in [0.15, 0.2) is 17.6 Å². The van der Waals surface area contributed by atoms with Gasteiger partial charge in [-0.15, -0.1) is 0 Å². The number of likely N-dealkylation sites (N-methyl/N-ethyl adjacent to an activating group) is 1. The van der Waals surface area contributed by atoms with Gasteiger partial charge in [0.2, 0.25) is 10.0 Å². The molecule has 11 heteroatoms. The van der Waals surface area contributed by atoms with E-state index in [9.17, 15) is 18.3 Å². The molecule has 6 rings (SSSR count). The van der Waals surface area contributed by atoms with Crippen molar-refractivity contribution >= 4 is 21.6 Å². The number of rotatable bonds is 5. The first kappa shape index (κ1) is 25.2. The van der Waals surface area contributed by atoms with E-state index < -0.39 is 16.1 Å². The number of aliphatic hydroxyl groups is 1. The lowest BCUT2D eigenvalue weighted by atomic mass is 9.95. The van der Waals surface area contributed by atoms with Crippen molar-refractivity contribution < 1.29 is 27.8 Å². The highest BCUT2D eigenvalue weighted by Gasteiger charge is 2.39. The van der Waals surface area contributed by atoms with Crippen molar-refractivity contribution in [1.29, 1.82) is 0 Å². The maximum Gasteiger partial charge on any atom is 0.256 e. The summed E-state index contributed by atoms with van der Waals surface area (Å²) in [6.07, 6.45) is -1.22. The molecule has 4 aliphatic rings. The summed E-state index contributed by atoms with van der Waals surface area (Å²) in [4.78, 5) is 19.3. The first-order valence-electron chi connectivity index (χ1n) is 12.9. The van der Waals surface area contributed by atoms with Crippen LogP contribution in [0.3, 0.4) is 0 Å². The van der Waals surface area contributed by atoms with Gasteiger partial charge in [0.25, 0.3) is 5.91 Å². The highest BCUT2D eigenvalue weighted by molar-refractivity contribution is 7.89. The molecule has 0 spiro atoms. The molecule has 0 radical (unpaired) electrons. The molecule has 1 N–H and O–H groups in total. The Balaban J connectivity index is 1.05. The van der Waals surface area contributed by atoms with Crippen LogP contribution in [0, 0.1) is 0 Å². The molecule has 10 nitrogen and oxygen atoms in total. The maximum absolute atomic E-state index is 13.1. The van der Waals surface area contributed by atoms with Crippen molar-refractivity contribution in [1.82, 2.24) is 14.1 Å². The summed E-state index contributed by atoms with van der Waals surface area (Å²) in [7, 11) is -1.54. The molecule has 2 aromatic rings. The van der Waals surface area contributed by atoms with Crippen LogP contribution < -0.4 is 14.4 Å². The molecule has 0 aliphatic carbocycles. The van der Waals surface area contributed by atoms with Crippen molar-refractivity contribution in [3.63, 3.8) is 0 Å². The zero-order valence-corrected chi connectivity index (χ0v) is 22.2. The van der Waals surface area contributed by atoms with Gasteiger partial charge in [-0.05, 0) is 48.0 Å². The highest BCUT2D eigenvalue weighted by atomic mass is 32.2. The second kappa shape index (κ2) is 9.88. The predicted molar refractivity (Wildman–Crippen MR) is 141 cm³/mol. The van der Waals surface area contributed by atoms with Gasteiger partial charge < -0.3 is 29.3 Å². The van der Waals surface area contributed by atoms with E-state index >= 15 is 0 Å². The Hall–Kier alpha value is -3.12. The molecule has 202 valence electrons. The molecule has 1 unspecified atom stereocenters. The largest absolute Gasteiger partial charge is 0.486 e. The highest BCUT2D eigenvalue weighted by Crippen LogP contribution is 2.36. The molecular formula is C27H32N4O6S. The van der Waals surface area contributed by atoms with E-state index in [0.29, 0.717) is 56.5 Å². The number of fused-ring (bicyclic) bond motifs is 1. The van der Waals surface area contributed by atoms with E-state index in [2.05, 4.69) is 16.8 Å². The number of benzene rings is 2. The van der Waals surface area contributed by atoms with E-state index in [-0.39, 0.29) is 10.8 Å². The fourth-order valence-electron chi connectivity index (χ4n) is 5.17. The Kier molecular flexibility index (Phi) is 6.55. The van der Waals surface area contributed by atoms with E-state index in [4.69, 9.17) is 9.47 Å². The van der Waals surface area contributed by atoms with Crippen LogP contribution in [-0.2, 0) is 14.8 Å². The molecule has 4 heterocycles. The van der Waals surface area contributed by atoms with Gasteiger partial charge in [-0.25, -0.2) is 8.42 Å². The molecular weight excluding hydrogens is 508 g/mol. The maximum atomic E-state index is 13.1. The third kappa shape index (κ3) is 4.64. The number of ether oxygens (including phenoxy) is 2. The number of carbonyl (C=O) groups excluding carboxylic acids is 1. The molecule has 2 aromatic carbocycles. The second-order valence-electron chi connectivity index (χ2n) is 10.3. The Morgan fingerprint density at radius 2 is 1.58 bits per heavy atom. The smallest absolute Gasteiger partial charge is 0.256 e. The fraction of sp³-hybridized carbons (Fsp3) is 0.444. The average Bonchev–Trinajstić information content (AvgIpc) is 2.88. The number of piperazine rings is 1. The first-order valence-corrected chi connectivity index (χ1v) is 14.3. The monoisotopic (exact) mass is 540 g/mol. The van der Waals surface area contributed by atoms with Gasteiger partial charge >= 0.3 is 0 Å². The number of hydrogen-bond acceptors (Lipinski definition) is 8. The third-order valence-electron chi connectivity index (χ3n) is 7.75. The zero-order valence-electron chi connectivity index (χ0n) is 21.4. The molecule has 0 saturated carbocycles. The number of sulfonamides is 1. The molecule has 1 amide bonds. The summed E-state index contributed by atoms with van der Waals surface area (Å²) >= 11 is 0. The SMILES string of the molecule is CN1CCN(c2cccc(C(O)C(=O)N3CC(=C4CN(S(=O)(=O)c5ccc6c(c5)OCCO6)C4)C3)c2)CC1. The van der Waals surface area contributed by atoms with E-state index in [1.165, 1.54) is 16.4 Å². The minimum absolute atomic E-state index is 0.179. The van der Waals surface area contributed by atoms with Gasteiger partial charge in [0.05, 0.1) is 4.90 Å². The number of nitrogens with zero attached hydrogens (tertiary/aromatic N) is 4. The average molecular weight is 541 g/mol. The third-order valence-corrected chi connectivity index (χ3v) is 9.54. The van der Waals surface area contributed by atoms with Crippen molar-refractivity contribution in [2.24, 2.45) is 0 Å². The normalized spacial score (nSPS) is 21.1. The summed E-state index contributed by atoms with van der Waals surface area (Å²) in [5.74, 6) is 0.663. The summed E-state index contributed by atoms with van der Waals surface area (Å²) in [6, 6.07) is 12.3. The van der Waals surface area contributed by atoms with Crippen LogP contribution in [0.15, 0.2) is 58.5 Å². The summed E-state index contributed by atoms with van der Waals surface area (Å²) < 4.78 is 38.5. The van der Waals surface area contributed by atoms with E-state index in [1.54, 1.807) is 17.0 Å².